The molecule has 3 rings (SSSR count). The van der Waals surface area contributed by atoms with Gasteiger partial charge in [0.1, 0.15) is 0 Å². The highest BCUT2D eigenvalue weighted by Crippen LogP contribution is 2.26. The topological polar surface area (TPSA) is 68.2 Å². The van der Waals surface area contributed by atoms with Crippen molar-refractivity contribution in [3.63, 3.8) is 0 Å². The second kappa shape index (κ2) is 6.62. The Morgan fingerprint density at radius 3 is 2.95 bits per heavy atom. The molecular formula is C16H20N4O2. The van der Waals surface area contributed by atoms with Crippen molar-refractivity contribution < 1.29 is 9.53 Å². The molecule has 0 saturated carbocycles. The van der Waals surface area contributed by atoms with Crippen molar-refractivity contribution in [1.29, 1.82) is 0 Å². The molecule has 2 N–H and O–H groups in total. The molecule has 2 heterocycles. The zero-order valence-electron chi connectivity index (χ0n) is 12.6. The molecule has 22 heavy (non-hydrogen) atoms. The summed E-state index contributed by atoms with van der Waals surface area (Å²) in [7, 11) is 1.84. The first-order chi connectivity index (χ1) is 10.7. The van der Waals surface area contributed by atoms with E-state index >= 15 is 0 Å². The van der Waals surface area contributed by atoms with Gasteiger partial charge in [0.05, 0.1) is 6.10 Å². The Labute approximate surface area is 129 Å². The third-order valence-corrected chi connectivity index (χ3v) is 3.66. The van der Waals surface area contributed by atoms with Crippen LogP contribution in [0, 0.1) is 0 Å². The van der Waals surface area contributed by atoms with Crippen LogP contribution in [0.25, 0.3) is 11.1 Å². The van der Waals surface area contributed by atoms with Gasteiger partial charge < -0.3 is 10.1 Å². The van der Waals surface area contributed by atoms with Crippen LogP contribution in [0.1, 0.15) is 12.8 Å². The minimum Gasteiger partial charge on any atom is -0.376 e. The summed E-state index contributed by atoms with van der Waals surface area (Å²) in [5.74, 6) is 0.554. The van der Waals surface area contributed by atoms with E-state index in [9.17, 15) is 4.79 Å². The molecule has 1 aliphatic rings. The van der Waals surface area contributed by atoms with Crippen molar-refractivity contribution in [2.24, 2.45) is 7.05 Å². The molecule has 0 aliphatic carbocycles. The number of urea groups is 1. The number of nitrogens with one attached hydrogen (secondary N) is 2. The standard InChI is InChI=1S/C16H20N4O2/c1-20-11-14(12-6-3-2-4-7-12)15(19-20)18-16(21)17-10-13-8-5-9-22-13/h2-4,6-7,11,13H,5,8-10H2,1H3,(H2,17,18,19,21). The highest BCUT2D eigenvalue weighted by Gasteiger charge is 2.17. The number of benzene rings is 1. The van der Waals surface area contributed by atoms with Gasteiger partial charge >= 0.3 is 6.03 Å². The van der Waals surface area contributed by atoms with Gasteiger partial charge in [-0.3, -0.25) is 10.00 Å². The number of carbonyl (C=O) groups is 1. The van der Waals surface area contributed by atoms with Crippen molar-refractivity contribution in [3.8, 4) is 11.1 Å². The Kier molecular flexibility index (Phi) is 4.39. The summed E-state index contributed by atoms with van der Waals surface area (Å²) in [6.45, 7) is 1.31. The normalized spacial score (nSPS) is 17.4. The third-order valence-electron chi connectivity index (χ3n) is 3.66. The average Bonchev–Trinajstić information content (AvgIpc) is 3.16. The van der Waals surface area contributed by atoms with Crippen LogP contribution in [0.15, 0.2) is 36.5 Å². The zero-order valence-corrected chi connectivity index (χ0v) is 12.6. The minimum atomic E-state index is -0.258. The van der Waals surface area contributed by atoms with Crippen molar-refractivity contribution in [2.45, 2.75) is 18.9 Å². The van der Waals surface area contributed by atoms with E-state index in [4.69, 9.17) is 4.74 Å². The highest BCUT2D eigenvalue weighted by atomic mass is 16.5. The summed E-state index contributed by atoms with van der Waals surface area (Å²) in [6, 6.07) is 9.61. The Morgan fingerprint density at radius 1 is 1.41 bits per heavy atom. The summed E-state index contributed by atoms with van der Waals surface area (Å²) in [4.78, 5) is 12.0. The van der Waals surface area contributed by atoms with Crippen LogP contribution < -0.4 is 10.6 Å². The molecule has 1 aromatic carbocycles. The Morgan fingerprint density at radius 2 is 2.23 bits per heavy atom. The average molecular weight is 300 g/mol. The molecule has 1 atom stereocenters. The summed E-state index contributed by atoms with van der Waals surface area (Å²) in [5.41, 5.74) is 1.92. The lowest BCUT2D eigenvalue weighted by atomic mass is 10.1. The number of hydrogen-bond donors (Lipinski definition) is 2. The van der Waals surface area contributed by atoms with Gasteiger partial charge in [-0.15, -0.1) is 0 Å². The second-order valence-electron chi connectivity index (χ2n) is 5.40. The molecule has 6 heteroatoms. The van der Waals surface area contributed by atoms with Crippen LogP contribution in [0.3, 0.4) is 0 Å². The lowest BCUT2D eigenvalue weighted by Gasteiger charge is -2.11. The van der Waals surface area contributed by atoms with E-state index < -0.39 is 0 Å². The Balaban J connectivity index is 1.65. The maximum atomic E-state index is 12.0. The van der Waals surface area contributed by atoms with Gasteiger partial charge in [-0.2, -0.15) is 5.10 Å². The molecular weight excluding hydrogens is 280 g/mol. The van der Waals surface area contributed by atoms with E-state index in [1.807, 2.05) is 43.6 Å². The quantitative estimate of drug-likeness (QED) is 0.911. The van der Waals surface area contributed by atoms with Gasteiger partial charge in [-0.1, -0.05) is 30.3 Å². The highest BCUT2D eigenvalue weighted by molar-refractivity contribution is 5.92. The third kappa shape index (κ3) is 3.46. The number of hydrogen-bond acceptors (Lipinski definition) is 3. The molecule has 2 aromatic rings. The van der Waals surface area contributed by atoms with Gasteiger partial charge in [0.15, 0.2) is 5.82 Å². The summed E-state index contributed by atoms with van der Waals surface area (Å²) in [6.07, 6.45) is 4.08. The fourth-order valence-electron chi connectivity index (χ4n) is 2.57. The molecule has 0 bridgehead atoms. The maximum absolute atomic E-state index is 12.0. The molecule has 1 fully saturated rings. The number of aromatic nitrogens is 2. The van der Waals surface area contributed by atoms with Crippen molar-refractivity contribution >= 4 is 11.8 Å². The Hall–Kier alpha value is -2.34. The van der Waals surface area contributed by atoms with Crippen LogP contribution >= 0.6 is 0 Å². The van der Waals surface area contributed by atoms with E-state index in [1.54, 1.807) is 4.68 Å². The molecule has 0 radical (unpaired) electrons. The van der Waals surface area contributed by atoms with Gasteiger partial charge in [0.2, 0.25) is 0 Å². The first-order valence-corrected chi connectivity index (χ1v) is 7.48. The molecule has 1 saturated heterocycles. The minimum absolute atomic E-state index is 0.128. The smallest absolute Gasteiger partial charge is 0.320 e. The van der Waals surface area contributed by atoms with Crippen LogP contribution in [-0.4, -0.2) is 35.1 Å². The summed E-state index contributed by atoms with van der Waals surface area (Å²) in [5, 5.41) is 9.97. The number of ether oxygens (including phenoxy) is 1. The maximum Gasteiger partial charge on any atom is 0.320 e. The lowest BCUT2D eigenvalue weighted by Crippen LogP contribution is -2.35. The number of nitrogens with zero attached hydrogens (tertiary/aromatic N) is 2. The van der Waals surface area contributed by atoms with Crippen LogP contribution in [-0.2, 0) is 11.8 Å². The van der Waals surface area contributed by atoms with E-state index in [2.05, 4.69) is 15.7 Å². The second-order valence-corrected chi connectivity index (χ2v) is 5.40. The fraction of sp³-hybridized carbons (Fsp3) is 0.375. The van der Waals surface area contributed by atoms with Crippen LogP contribution in [0.4, 0.5) is 10.6 Å². The van der Waals surface area contributed by atoms with E-state index in [-0.39, 0.29) is 12.1 Å². The number of amides is 2. The molecule has 1 aromatic heterocycles. The van der Waals surface area contributed by atoms with Gasteiger partial charge in [-0.05, 0) is 18.4 Å². The zero-order chi connectivity index (χ0) is 15.4. The Bertz CT molecular complexity index is 633. The van der Waals surface area contributed by atoms with Crippen molar-refractivity contribution in [3.05, 3.63) is 36.5 Å². The molecule has 116 valence electrons. The van der Waals surface area contributed by atoms with Gasteiger partial charge in [0.25, 0.3) is 0 Å². The number of aryl methyl sites for hydroxylation is 1. The van der Waals surface area contributed by atoms with Crippen molar-refractivity contribution in [2.75, 3.05) is 18.5 Å². The van der Waals surface area contributed by atoms with E-state index in [0.29, 0.717) is 12.4 Å². The number of rotatable bonds is 4. The van der Waals surface area contributed by atoms with Gasteiger partial charge in [0, 0.05) is 32.0 Å². The van der Waals surface area contributed by atoms with E-state index in [0.717, 1.165) is 30.6 Å². The van der Waals surface area contributed by atoms with Crippen LogP contribution in [0.2, 0.25) is 0 Å². The number of anilines is 1. The lowest BCUT2D eigenvalue weighted by molar-refractivity contribution is 0.112. The van der Waals surface area contributed by atoms with Crippen LogP contribution in [0.5, 0.6) is 0 Å². The molecule has 1 unspecified atom stereocenters. The van der Waals surface area contributed by atoms with Crippen molar-refractivity contribution in [1.82, 2.24) is 15.1 Å². The molecule has 0 spiro atoms. The molecule has 6 nitrogen and oxygen atoms in total. The largest absolute Gasteiger partial charge is 0.376 e. The van der Waals surface area contributed by atoms with Gasteiger partial charge in [-0.25, -0.2) is 4.79 Å². The first kappa shape index (κ1) is 14.6. The number of carbonyl (C=O) groups excluding carboxylic acids is 1. The SMILES string of the molecule is Cn1cc(-c2ccccc2)c(NC(=O)NCC2CCCO2)n1. The van der Waals surface area contributed by atoms with E-state index in [1.165, 1.54) is 0 Å². The monoisotopic (exact) mass is 300 g/mol. The predicted molar refractivity (Wildman–Crippen MR) is 84.6 cm³/mol. The summed E-state index contributed by atoms with van der Waals surface area (Å²) >= 11 is 0. The predicted octanol–water partition coefficient (Wildman–Crippen LogP) is 2.39. The molecule has 2 amide bonds. The first-order valence-electron chi connectivity index (χ1n) is 7.48. The summed E-state index contributed by atoms with van der Waals surface area (Å²) < 4.78 is 7.18. The fourth-order valence-corrected chi connectivity index (χ4v) is 2.57. The molecule has 1 aliphatic heterocycles.